The molecule has 180 valence electrons. The second-order valence-electron chi connectivity index (χ2n) is 8.85. The number of halogens is 2. The van der Waals surface area contributed by atoms with Crippen molar-refractivity contribution in [2.24, 2.45) is 0 Å². The largest absolute Gasteiger partial charge is 0.356 e. The first-order valence-electron chi connectivity index (χ1n) is 11.5. The van der Waals surface area contributed by atoms with E-state index in [1.165, 1.54) is 12.1 Å². The van der Waals surface area contributed by atoms with Gasteiger partial charge in [-0.3, -0.25) is 4.98 Å². The fourth-order valence-corrected chi connectivity index (χ4v) is 5.03. The number of nitrogens with zero attached hydrogens (tertiary/aromatic N) is 5. The van der Waals surface area contributed by atoms with E-state index in [1.54, 1.807) is 18.7 Å². The van der Waals surface area contributed by atoms with Gasteiger partial charge in [-0.05, 0) is 74.8 Å². The summed E-state index contributed by atoms with van der Waals surface area (Å²) in [6, 6.07) is 12.2. The van der Waals surface area contributed by atoms with Crippen LogP contribution in [0.25, 0.3) is 22.0 Å². The third kappa shape index (κ3) is 5.21. The molecule has 0 unspecified atom stereocenters. The molecule has 2 aromatic heterocycles. The van der Waals surface area contributed by atoms with Crippen LogP contribution in [0.4, 0.5) is 20.3 Å². The van der Waals surface area contributed by atoms with Gasteiger partial charge < -0.3 is 14.5 Å². The van der Waals surface area contributed by atoms with Gasteiger partial charge in [-0.2, -0.15) is 0 Å². The quantitative estimate of drug-likeness (QED) is 0.351. The molecule has 1 saturated heterocycles. The van der Waals surface area contributed by atoms with E-state index in [-0.39, 0.29) is 0 Å². The van der Waals surface area contributed by atoms with Crippen LogP contribution in [0.3, 0.4) is 0 Å². The summed E-state index contributed by atoms with van der Waals surface area (Å²) in [4.78, 5) is 18.4. The average Bonchev–Trinajstić information content (AvgIpc) is 2.88. The highest BCUT2D eigenvalue weighted by Crippen LogP contribution is 2.32. The maximum absolute atomic E-state index is 14.0. The molecule has 0 bridgehead atoms. The zero-order chi connectivity index (χ0) is 24.4. The number of hydrogen-bond donors (Lipinski definition) is 1. The average molecular weight is 493 g/mol. The van der Waals surface area contributed by atoms with Gasteiger partial charge in [-0.25, -0.2) is 18.7 Å². The van der Waals surface area contributed by atoms with Gasteiger partial charge in [-0.15, -0.1) is 0 Å². The second kappa shape index (κ2) is 10.1. The van der Waals surface area contributed by atoms with Gasteiger partial charge in [0.05, 0.1) is 22.3 Å². The van der Waals surface area contributed by atoms with E-state index < -0.39 is 11.6 Å². The second-order valence-corrected chi connectivity index (χ2v) is 9.70. The van der Waals surface area contributed by atoms with Crippen LogP contribution in [0, 0.1) is 11.6 Å². The van der Waals surface area contributed by atoms with E-state index in [2.05, 4.69) is 49.6 Å². The number of pyridine rings is 1. The SMILES string of the molecule is CN(C)C1CCN(c2ncnc3ccc(-c4cncc(NSc5ccc(F)cc5F)c4)cc23)CC1. The molecule has 35 heavy (non-hydrogen) atoms. The van der Waals surface area contributed by atoms with Crippen LogP contribution in [-0.2, 0) is 0 Å². The molecule has 5 rings (SSSR count). The number of nitrogens with one attached hydrogen (secondary N) is 1. The minimum atomic E-state index is -0.608. The third-order valence-corrected chi connectivity index (χ3v) is 7.24. The lowest BCUT2D eigenvalue weighted by molar-refractivity contribution is 0.249. The van der Waals surface area contributed by atoms with Gasteiger partial charge in [0.1, 0.15) is 23.8 Å². The fraction of sp³-hybridized carbons (Fsp3) is 0.269. The summed E-state index contributed by atoms with van der Waals surface area (Å²) in [5, 5.41) is 1.01. The zero-order valence-electron chi connectivity index (χ0n) is 19.6. The molecule has 0 amide bonds. The first-order valence-corrected chi connectivity index (χ1v) is 12.3. The topological polar surface area (TPSA) is 57.2 Å². The van der Waals surface area contributed by atoms with Crippen molar-refractivity contribution in [3.8, 4) is 11.1 Å². The van der Waals surface area contributed by atoms with Crippen molar-refractivity contribution in [2.45, 2.75) is 23.8 Å². The molecule has 2 aromatic carbocycles. The Morgan fingerprint density at radius 3 is 2.57 bits per heavy atom. The Morgan fingerprint density at radius 1 is 0.971 bits per heavy atom. The van der Waals surface area contributed by atoms with Gasteiger partial charge in [0, 0.05) is 42.3 Å². The van der Waals surface area contributed by atoms with Gasteiger partial charge in [-0.1, -0.05) is 6.07 Å². The summed E-state index contributed by atoms with van der Waals surface area (Å²) >= 11 is 1.08. The fourth-order valence-electron chi connectivity index (χ4n) is 4.39. The van der Waals surface area contributed by atoms with Gasteiger partial charge in [0.2, 0.25) is 0 Å². The molecular formula is C26H26F2N6S. The number of aromatic nitrogens is 3. The van der Waals surface area contributed by atoms with Crippen molar-refractivity contribution in [2.75, 3.05) is 36.8 Å². The van der Waals surface area contributed by atoms with E-state index in [0.29, 0.717) is 16.6 Å². The van der Waals surface area contributed by atoms with E-state index in [1.807, 2.05) is 18.2 Å². The van der Waals surface area contributed by atoms with Crippen molar-refractivity contribution < 1.29 is 8.78 Å². The summed E-state index contributed by atoms with van der Waals surface area (Å²) in [6.07, 6.45) is 7.29. The number of anilines is 2. The van der Waals surface area contributed by atoms with Crippen LogP contribution < -0.4 is 9.62 Å². The Labute approximate surface area is 207 Å². The first kappa shape index (κ1) is 23.4. The van der Waals surface area contributed by atoms with E-state index >= 15 is 0 Å². The molecule has 9 heteroatoms. The lowest BCUT2D eigenvalue weighted by Gasteiger charge is -2.36. The predicted molar refractivity (Wildman–Crippen MR) is 138 cm³/mol. The van der Waals surface area contributed by atoms with E-state index in [9.17, 15) is 8.78 Å². The number of hydrogen-bond acceptors (Lipinski definition) is 7. The molecule has 1 fully saturated rings. The highest BCUT2D eigenvalue weighted by atomic mass is 32.2. The highest BCUT2D eigenvalue weighted by molar-refractivity contribution is 8.00. The normalized spacial score (nSPS) is 14.6. The predicted octanol–water partition coefficient (Wildman–Crippen LogP) is 5.62. The Bertz CT molecular complexity index is 1340. The molecule has 3 heterocycles. The standard InChI is InChI=1S/C26H26F2N6S/c1-33(2)21-7-9-34(10-8-21)26-22-12-17(3-5-24(22)30-16-31-26)18-11-20(15-29-14-18)32-35-25-6-4-19(27)13-23(25)28/h3-6,11-16,21,32H,7-10H2,1-2H3. The molecule has 0 aliphatic carbocycles. The van der Waals surface area contributed by atoms with Crippen LogP contribution in [0.15, 0.2) is 66.1 Å². The van der Waals surface area contributed by atoms with Gasteiger partial charge in [0.15, 0.2) is 0 Å². The summed E-state index contributed by atoms with van der Waals surface area (Å²) in [6.45, 7) is 1.91. The minimum absolute atomic E-state index is 0.308. The van der Waals surface area contributed by atoms with E-state index in [4.69, 9.17) is 0 Å². The van der Waals surface area contributed by atoms with Crippen LogP contribution in [0.5, 0.6) is 0 Å². The summed E-state index contributed by atoms with van der Waals surface area (Å²) in [5.41, 5.74) is 3.52. The lowest BCUT2D eigenvalue weighted by atomic mass is 10.0. The van der Waals surface area contributed by atoms with Crippen LogP contribution in [0.1, 0.15) is 12.8 Å². The van der Waals surface area contributed by atoms with Crippen LogP contribution in [0.2, 0.25) is 0 Å². The number of fused-ring (bicyclic) bond motifs is 1. The van der Waals surface area contributed by atoms with Crippen molar-refractivity contribution in [1.82, 2.24) is 19.9 Å². The first-order chi connectivity index (χ1) is 17.0. The van der Waals surface area contributed by atoms with E-state index in [0.717, 1.165) is 71.8 Å². The van der Waals surface area contributed by atoms with Crippen LogP contribution >= 0.6 is 11.9 Å². The van der Waals surface area contributed by atoms with Crippen molar-refractivity contribution in [3.05, 3.63) is 72.8 Å². The molecule has 0 atom stereocenters. The minimum Gasteiger partial charge on any atom is -0.356 e. The molecule has 6 nitrogen and oxygen atoms in total. The van der Waals surface area contributed by atoms with Gasteiger partial charge in [0.25, 0.3) is 0 Å². The molecule has 4 aromatic rings. The molecule has 0 spiro atoms. The Hall–Kier alpha value is -3.30. The molecule has 0 saturated carbocycles. The molecular weight excluding hydrogens is 466 g/mol. The van der Waals surface area contributed by atoms with Gasteiger partial charge >= 0.3 is 0 Å². The summed E-state index contributed by atoms with van der Waals surface area (Å²) in [7, 11) is 4.27. The Balaban J connectivity index is 1.39. The molecule has 1 aliphatic rings. The third-order valence-electron chi connectivity index (χ3n) is 6.35. The maximum atomic E-state index is 14.0. The Morgan fingerprint density at radius 2 is 1.80 bits per heavy atom. The zero-order valence-corrected chi connectivity index (χ0v) is 20.4. The summed E-state index contributed by atoms with van der Waals surface area (Å²) < 4.78 is 30.2. The Kier molecular flexibility index (Phi) is 6.79. The van der Waals surface area contributed by atoms with Crippen molar-refractivity contribution in [1.29, 1.82) is 0 Å². The smallest absolute Gasteiger partial charge is 0.141 e. The van der Waals surface area contributed by atoms with Crippen LogP contribution in [-0.4, -0.2) is 53.1 Å². The van der Waals surface area contributed by atoms with Crippen molar-refractivity contribution in [3.63, 3.8) is 0 Å². The summed E-state index contributed by atoms with van der Waals surface area (Å²) in [5.74, 6) is -0.251. The van der Waals surface area contributed by atoms with Crippen molar-refractivity contribution >= 4 is 34.4 Å². The maximum Gasteiger partial charge on any atom is 0.141 e. The highest BCUT2D eigenvalue weighted by Gasteiger charge is 2.23. The monoisotopic (exact) mass is 492 g/mol. The molecule has 0 radical (unpaired) electrons. The molecule has 1 N–H and O–H groups in total. The number of rotatable bonds is 6. The number of benzene rings is 2. The lowest BCUT2D eigenvalue weighted by Crippen LogP contribution is -2.42. The number of piperidine rings is 1. The molecule has 1 aliphatic heterocycles.